The van der Waals surface area contributed by atoms with E-state index in [0.717, 1.165) is 0 Å². The van der Waals surface area contributed by atoms with E-state index in [0.29, 0.717) is 11.8 Å². The highest BCUT2D eigenvalue weighted by Crippen LogP contribution is 2.59. The molecule has 74 valence electrons. The second kappa shape index (κ2) is 2.40. The Morgan fingerprint density at radius 1 is 1.29 bits per heavy atom. The first kappa shape index (κ1) is 8.49. The fraction of sp³-hybridized carbons (Fsp3) is 0.538. The van der Waals surface area contributed by atoms with Crippen molar-refractivity contribution in [2.75, 3.05) is 0 Å². The van der Waals surface area contributed by atoms with E-state index in [4.69, 9.17) is 0 Å². The van der Waals surface area contributed by atoms with Gasteiger partial charge in [0.15, 0.2) is 0 Å². The van der Waals surface area contributed by atoms with Crippen LogP contribution in [0.4, 0.5) is 0 Å². The van der Waals surface area contributed by atoms with Crippen LogP contribution in [-0.2, 0) is 5.41 Å². The van der Waals surface area contributed by atoms with Crippen molar-refractivity contribution in [1.82, 2.24) is 0 Å². The molecule has 1 N–H and O–H groups in total. The molecule has 0 bridgehead atoms. The SMILES string of the molecule is CC1(C)c2ccccc2[C@H]2C[C@H]2[C@@H]1O. The summed E-state index contributed by atoms with van der Waals surface area (Å²) in [6, 6.07) is 8.60. The van der Waals surface area contributed by atoms with Gasteiger partial charge < -0.3 is 5.11 Å². The summed E-state index contributed by atoms with van der Waals surface area (Å²) in [6.45, 7) is 4.32. The molecule has 2 aliphatic rings. The summed E-state index contributed by atoms with van der Waals surface area (Å²) in [5.41, 5.74) is 2.77. The van der Waals surface area contributed by atoms with Gasteiger partial charge in [-0.15, -0.1) is 0 Å². The molecule has 0 aliphatic heterocycles. The molecule has 0 heterocycles. The van der Waals surface area contributed by atoms with E-state index in [9.17, 15) is 5.11 Å². The summed E-state index contributed by atoms with van der Waals surface area (Å²) >= 11 is 0. The number of hydrogen-bond acceptors (Lipinski definition) is 1. The molecule has 3 rings (SSSR count). The molecular weight excluding hydrogens is 172 g/mol. The first-order valence-electron chi connectivity index (χ1n) is 5.40. The normalized spacial score (nSPS) is 37.2. The van der Waals surface area contributed by atoms with Crippen molar-refractivity contribution in [2.24, 2.45) is 5.92 Å². The summed E-state index contributed by atoms with van der Waals surface area (Å²) < 4.78 is 0. The average molecular weight is 188 g/mol. The van der Waals surface area contributed by atoms with E-state index in [1.54, 1.807) is 0 Å². The molecule has 0 unspecified atom stereocenters. The van der Waals surface area contributed by atoms with Gasteiger partial charge >= 0.3 is 0 Å². The molecule has 1 fully saturated rings. The Morgan fingerprint density at radius 3 is 2.79 bits per heavy atom. The zero-order chi connectivity index (χ0) is 9.92. The first-order valence-corrected chi connectivity index (χ1v) is 5.40. The van der Waals surface area contributed by atoms with Crippen LogP contribution < -0.4 is 0 Å². The molecular formula is C13H16O. The lowest BCUT2D eigenvalue weighted by atomic mass is 9.71. The van der Waals surface area contributed by atoms with Gasteiger partial charge in [-0.05, 0) is 29.4 Å². The molecule has 0 aromatic heterocycles. The maximum absolute atomic E-state index is 10.2. The van der Waals surface area contributed by atoms with E-state index in [1.165, 1.54) is 17.5 Å². The topological polar surface area (TPSA) is 20.2 Å². The van der Waals surface area contributed by atoms with Gasteiger partial charge in [-0.1, -0.05) is 38.1 Å². The Bertz CT molecular complexity index is 381. The van der Waals surface area contributed by atoms with E-state index in [-0.39, 0.29) is 11.5 Å². The summed E-state index contributed by atoms with van der Waals surface area (Å²) in [5, 5.41) is 10.2. The summed E-state index contributed by atoms with van der Waals surface area (Å²) in [4.78, 5) is 0. The van der Waals surface area contributed by atoms with Gasteiger partial charge in [-0.3, -0.25) is 0 Å². The van der Waals surface area contributed by atoms with Crippen molar-refractivity contribution in [3.8, 4) is 0 Å². The summed E-state index contributed by atoms with van der Waals surface area (Å²) in [6.07, 6.45) is 1.03. The minimum absolute atomic E-state index is 0.0613. The molecule has 0 saturated heterocycles. The van der Waals surface area contributed by atoms with Gasteiger partial charge in [0.05, 0.1) is 6.10 Å². The Morgan fingerprint density at radius 2 is 2.00 bits per heavy atom. The highest BCUT2D eigenvalue weighted by Gasteiger charge is 2.54. The van der Waals surface area contributed by atoms with Gasteiger partial charge in [-0.2, -0.15) is 0 Å². The monoisotopic (exact) mass is 188 g/mol. The van der Waals surface area contributed by atoms with Crippen molar-refractivity contribution >= 4 is 0 Å². The zero-order valence-corrected chi connectivity index (χ0v) is 8.70. The fourth-order valence-corrected chi connectivity index (χ4v) is 3.02. The minimum atomic E-state index is -0.151. The highest BCUT2D eigenvalue weighted by molar-refractivity contribution is 5.44. The Kier molecular flexibility index (Phi) is 1.46. The quantitative estimate of drug-likeness (QED) is 0.663. The molecule has 2 aliphatic carbocycles. The fourth-order valence-electron chi connectivity index (χ4n) is 3.02. The maximum Gasteiger partial charge on any atom is 0.0665 e. The lowest BCUT2D eigenvalue weighted by Gasteiger charge is -2.37. The van der Waals surface area contributed by atoms with E-state index >= 15 is 0 Å². The smallest absolute Gasteiger partial charge is 0.0665 e. The Hall–Kier alpha value is -0.820. The van der Waals surface area contributed by atoms with Crippen LogP contribution in [-0.4, -0.2) is 11.2 Å². The van der Waals surface area contributed by atoms with Gasteiger partial charge in [-0.25, -0.2) is 0 Å². The van der Waals surface area contributed by atoms with Crippen molar-refractivity contribution in [1.29, 1.82) is 0 Å². The van der Waals surface area contributed by atoms with Crippen molar-refractivity contribution in [3.05, 3.63) is 35.4 Å². The summed E-state index contributed by atoms with van der Waals surface area (Å²) in [5.74, 6) is 1.18. The van der Waals surface area contributed by atoms with E-state index in [1.807, 2.05) is 0 Å². The van der Waals surface area contributed by atoms with Crippen molar-refractivity contribution in [3.63, 3.8) is 0 Å². The van der Waals surface area contributed by atoms with Gasteiger partial charge in [0, 0.05) is 5.41 Å². The van der Waals surface area contributed by atoms with Crippen LogP contribution in [0.25, 0.3) is 0 Å². The Labute approximate surface area is 84.8 Å². The number of hydrogen-bond donors (Lipinski definition) is 1. The second-order valence-electron chi connectivity index (χ2n) is 5.26. The molecule has 0 amide bonds. The van der Waals surface area contributed by atoms with Crippen LogP contribution in [0.1, 0.15) is 37.3 Å². The second-order valence-corrected chi connectivity index (χ2v) is 5.26. The van der Waals surface area contributed by atoms with Crippen LogP contribution in [0.2, 0.25) is 0 Å². The standard InChI is InChI=1S/C13H16O/c1-13(2)11-6-4-3-5-8(11)9-7-10(9)12(13)14/h3-6,9-10,12,14H,7H2,1-2H3/t9-,10-,12+/m1/s1. The maximum atomic E-state index is 10.2. The molecule has 3 atom stereocenters. The molecule has 1 aromatic carbocycles. The average Bonchev–Trinajstić information content (AvgIpc) is 2.95. The highest BCUT2D eigenvalue weighted by atomic mass is 16.3. The lowest BCUT2D eigenvalue weighted by Crippen LogP contribution is -2.39. The third-order valence-electron chi connectivity index (χ3n) is 4.04. The molecule has 1 heteroatoms. The van der Waals surface area contributed by atoms with Crippen LogP contribution in [0.3, 0.4) is 0 Å². The van der Waals surface area contributed by atoms with Gasteiger partial charge in [0.25, 0.3) is 0 Å². The number of aliphatic hydroxyl groups excluding tert-OH is 1. The molecule has 0 radical (unpaired) electrons. The number of fused-ring (bicyclic) bond motifs is 3. The van der Waals surface area contributed by atoms with Crippen molar-refractivity contribution < 1.29 is 5.11 Å². The van der Waals surface area contributed by atoms with Crippen LogP contribution >= 0.6 is 0 Å². The van der Waals surface area contributed by atoms with Crippen LogP contribution in [0.5, 0.6) is 0 Å². The number of rotatable bonds is 0. The van der Waals surface area contributed by atoms with E-state index in [2.05, 4.69) is 38.1 Å². The van der Waals surface area contributed by atoms with E-state index < -0.39 is 0 Å². The zero-order valence-electron chi connectivity index (χ0n) is 8.70. The third-order valence-corrected chi connectivity index (χ3v) is 4.04. The molecule has 1 aromatic rings. The molecule has 1 saturated carbocycles. The van der Waals surface area contributed by atoms with Crippen molar-refractivity contribution in [2.45, 2.75) is 37.7 Å². The van der Waals surface area contributed by atoms with Crippen LogP contribution in [0.15, 0.2) is 24.3 Å². The van der Waals surface area contributed by atoms with Crippen LogP contribution in [0, 0.1) is 5.92 Å². The molecule has 1 nitrogen and oxygen atoms in total. The largest absolute Gasteiger partial charge is 0.392 e. The predicted molar refractivity (Wildman–Crippen MR) is 56.3 cm³/mol. The van der Waals surface area contributed by atoms with Gasteiger partial charge in [0.2, 0.25) is 0 Å². The van der Waals surface area contributed by atoms with Gasteiger partial charge in [0.1, 0.15) is 0 Å². The number of benzene rings is 1. The molecule has 14 heavy (non-hydrogen) atoms. The predicted octanol–water partition coefficient (Wildman–Crippen LogP) is 2.44. The first-order chi connectivity index (χ1) is 6.62. The Balaban J connectivity index is 2.21. The lowest BCUT2D eigenvalue weighted by molar-refractivity contribution is 0.0706. The number of aliphatic hydroxyl groups is 1. The summed E-state index contributed by atoms with van der Waals surface area (Å²) in [7, 11) is 0. The molecule has 0 spiro atoms. The third kappa shape index (κ3) is 0.885. The minimum Gasteiger partial charge on any atom is -0.392 e.